The average Bonchev–Trinajstić information content (AvgIpc) is 3.52. The van der Waals surface area contributed by atoms with Crippen LogP contribution in [0.1, 0.15) is 42.1 Å². The monoisotopic (exact) mass is 375 g/mol. The third kappa shape index (κ3) is 4.49. The van der Waals surface area contributed by atoms with Crippen LogP contribution in [0.3, 0.4) is 0 Å². The molecule has 28 heavy (non-hydrogen) atoms. The predicted molar refractivity (Wildman–Crippen MR) is 105 cm³/mol. The maximum atomic E-state index is 10.8. The van der Waals surface area contributed by atoms with Crippen LogP contribution < -0.4 is 5.32 Å². The third-order valence-corrected chi connectivity index (χ3v) is 4.58. The first-order valence-electron chi connectivity index (χ1n) is 9.31. The van der Waals surface area contributed by atoms with E-state index in [-0.39, 0.29) is 6.42 Å². The van der Waals surface area contributed by atoms with Crippen LogP contribution in [0.2, 0.25) is 0 Å². The van der Waals surface area contributed by atoms with Gasteiger partial charge in [0.1, 0.15) is 0 Å². The molecule has 4 rings (SSSR count). The summed E-state index contributed by atoms with van der Waals surface area (Å²) in [5, 5.41) is 12.1. The van der Waals surface area contributed by atoms with Crippen molar-refractivity contribution >= 4 is 17.6 Å². The molecule has 0 atom stereocenters. The van der Waals surface area contributed by atoms with Gasteiger partial charge < -0.3 is 10.4 Å². The van der Waals surface area contributed by atoms with E-state index in [9.17, 15) is 4.79 Å². The Balaban J connectivity index is 1.58. The zero-order valence-corrected chi connectivity index (χ0v) is 15.6. The van der Waals surface area contributed by atoms with Gasteiger partial charge in [-0.1, -0.05) is 0 Å². The van der Waals surface area contributed by atoms with E-state index in [1.165, 1.54) is 12.8 Å². The lowest BCUT2D eigenvalue weighted by atomic mass is 10.1. The lowest BCUT2D eigenvalue weighted by molar-refractivity contribution is -0.136. The zero-order chi connectivity index (χ0) is 19.5. The summed E-state index contributed by atoms with van der Waals surface area (Å²) in [5.41, 5.74) is 5.31. The molecule has 1 aliphatic rings. The summed E-state index contributed by atoms with van der Waals surface area (Å²) in [7, 11) is 0. The smallest absolute Gasteiger partial charge is 0.303 e. The second-order valence-corrected chi connectivity index (χ2v) is 7.08. The number of carboxylic acid groups (broad SMARTS) is 1. The number of hydrogen-bond donors (Lipinski definition) is 2. The van der Waals surface area contributed by atoms with Gasteiger partial charge in [0, 0.05) is 41.7 Å². The second-order valence-electron chi connectivity index (χ2n) is 7.08. The molecule has 1 fully saturated rings. The van der Waals surface area contributed by atoms with Gasteiger partial charge in [-0.25, -0.2) is 15.0 Å². The molecule has 2 aromatic heterocycles. The largest absolute Gasteiger partial charge is 0.481 e. The van der Waals surface area contributed by atoms with Crippen LogP contribution in [0.5, 0.6) is 0 Å². The second kappa shape index (κ2) is 7.72. The highest BCUT2D eigenvalue weighted by Crippen LogP contribution is 2.39. The zero-order valence-electron chi connectivity index (χ0n) is 15.6. The molecule has 1 aromatic carbocycles. The maximum absolute atomic E-state index is 10.8. The number of benzene rings is 1. The number of anilines is 2. The van der Waals surface area contributed by atoms with Crippen LogP contribution in [0.25, 0.3) is 11.3 Å². The number of hydrogen-bond acceptors (Lipinski definition) is 6. The highest BCUT2D eigenvalue weighted by atomic mass is 16.4. The molecule has 7 nitrogen and oxygen atoms in total. The Hall–Kier alpha value is -3.35. The van der Waals surface area contributed by atoms with Crippen LogP contribution in [-0.4, -0.2) is 31.0 Å². The Morgan fingerprint density at radius 3 is 2.86 bits per heavy atom. The molecule has 2 N–H and O–H groups in total. The molecule has 1 aliphatic carbocycles. The molecule has 142 valence electrons. The van der Waals surface area contributed by atoms with Crippen molar-refractivity contribution in [3.05, 3.63) is 59.8 Å². The number of aliphatic carboxylic acids is 1. The molecule has 0 unspecified atom stereocenters. The van der Waals surface area contributed by atoms with Gasteiger partial charge in [-0.05, 0) is 49.6 Å². The molecule has 2 heterocycles. The molecule has 0 radical (unpaired) electrons. The van der Waals surface area contributed by atoms with Crippen molar-refractivity contribution in [2.24, 2.45) is 0 Å². The first-order chi connectivity index (χ1) is 13.6. The summed E-state index contributed by atoms with van der Waals surface area (Å²) >= 11 is 0. The van der Waals surface area contributed by atoms with Crippen molar-refractivity contribution in [2.75, 3.05) is 5.32 Å². The predicted octanol–water partition coefficient (Wildman–Crippen LogP) is 3.88. The lowest BCUT2D eigenvalue weighted by Crippen LogP contribution is -2.01. The molecule has 0 saturated heterocycles. The van der Waals surface area contributed by atoms with Gasteiger partial charge in [0.15, 0.2) is 0 Å². The number of rotatable bonds is 7. The number of nitrogens with one attached hydrogen (secondary N) is 1. The van der Waals surface area contributed by atoms with Crippen molar-refractivity contribution in [1.82, 2.24) is 19.9 Å². The van der Waals surface area contributed by atoms with Crippen LogP contribution in [0, 0.1) is 6.92 Å². The SMILES string of the molecule is Cc1cc(Nc2nccc(C3CC3)n2)cc(-c2cncc(CCC(=O)O)n2)c1. The Morgan fingerprint density at radius 1 is 1.21 bits per heavy atom. The van der Waals surface area contributed by atoms with E-state index in [2.05, 4.69) is 25.3 Å². The first kappa shape index (κ1) is 18.0. The van der Waals surface area contributed by atoms with Gasteiger partial charge in [-0.2, -0.15) is 0 Å². The van der Waals surface area contributed by atoms with Gasteiger partial charge in [-0.3, -0.25) is 9.78 Å². The van der Waals surface area contributed by atoms with Crippen molar-refractivity contribution in [3.63, 3.8) is 0 Å². The number of carboxylic acids is 1. The number of nitrogens with zero attached hydrogens (tertiary/aromatic N) is 4. The van der Waals surface area contributed by atoms with Gasteiger partial charge in [-0.15, -0.1) is 0 Å². The summed E-state index contributed by atoms with van der Waals surface area (Å²) < 4.78 is 0. The maximum Gasteiger partial charge on any atom is 0.303 e. The molecule has 1 saturated carbocycles. The summed E-state index contributed by atoms with van der Waals surface area (Å²) in [6.07, 6.45) is 7.87. The van der Waals surface area contributed by atoms with E-state index in [1.807, 2.05) is 31.2 Å². The highest BCUT2D eigenvalue weighted by Gasteiger charge is 2.25. The fourth-order valence-electron chi connectivity index (χ4n) is 3.07. The minimum Gasteiger partial charge on any atom is -0.481 e. The lowest BCUT2D eigenvalue weighted by Gasteiger charge is -2.10. The quantitative estimate of drug-likeness (QED) is 0.646. The van der Waals surface area contributed by atoms with Crippen molar-refractivity contribution < 1.29 is 9.90 Å². The summed E-state index contributed by atoms with van der Waals surface area (Å²) in [6, 6.07) is 8.00. The minimum atomic E-state index is -0.845. The van der Waals surface area contributed by atoms with Gasteiger partial charge in [0.2, 0.25) is 5.95 Å². The van der Waals surface area contributed by atoms with Gasteiger partial charge in [0.25, 0.3) is 0 Å². The Labute approximate surface area is 162 Å². The number of carbonyl (C=O) groups is 1. The number of aryl methyl sites for hydroxylation is 2. The topological polar surface area (TPSA) is 101 Å². The first-order valence-corrected chi connectivity index (χ1v) is 9.31. The van der Waals surface area contributed by atoms with E-state index in [4.69, 9.17) is 5.11 Å². The fourth-order valence-corrected chi connectivity index (χ4v) is 3.07. The third-order valence-electron chi connectivity index (χ3n) is 4.58. The standard InChI is InChI=1S/C21H21N5O2/c1-13-8-15(19-12-22-11-16(24-19)4-5-20(27)28)10-17(9-13)25-21-23-7-6-18(26-21)14-2-3-14/h6-12,14H,2-5H2,1H3,(H,27,28)(H,23,25,26). The molecular weight excluding hydrogens is 354 g/mol. The fraction of sp³-hybridized carbons (Fsp3) is 0.286. The Morgan fingerprint density at radius 2 is 2.07 bits per heavy atom. The molecule has 0 bridgehead atoms. The van der Waals surface area contributed by atoms with E-state index in [0.29, 0.717) is 29.7 Å². The average molecular weight is 375 g/mol. The number of aromatic nitrogens is 4. The molecule has 0 aliphatic heterocycles. The van der Waals surface area contributed by atoms with Crippen molar-refractivity contribution in [2.45, 2.75) is 38.5 Å². The Kier molecular flexibility index (Phi) is 4.97. The van der Waals surface area contributed by atoms with Crippen LogP contribution in [0.4, 0.5) is 11.6 Å². The van der Waals surface area contributed by atoms with E-state index < -0.39 is 5.97 Å². The van der Waals surface area contributed by atoms with Crippen molar-refractivity contribution in [1.29, 1.82) is 0 Å². The van der Waals surface area contributed by atoms with Crippen molar-refractivity contribution in [3.8, 4) is 11.3 Å². The molecule has 0 amide bonds. The molecule has 3 aromatic rings. The summed E-state index contributed by atoms with van der Waals surface area (Å²) in [4.78, 5) is 28.5. The molecular formula is C21H21N5O2. The van der Waals surface area contributed by atoms with Gasteiger partial charge >= 0.3 is 5.97 Å². The van der Waals surface area contributed by atoms with Gasteiger partial charge in [0.05, 0.1) is 24.0 Å². The summed E-state index contributed by atoms with van der Waals surface area (Å²) in [5.74, 6) is 0.311. The van der Waals surface area contributed by atoms with E-state index >= 15 is 0 Å². The summed E-state index contributed by atoms with van der Waals surface area (Å²) in [6.45, 7) is 2.01. The van der Waals surface area contributed by atoms with E-state index in [0.717, 1.165) is 22.5 Å². The Bertz CT molecular complexity index is 1020. The minimum absolute atomic E-state index is 0.0351. The normalized spacial score (nSPS) is 13.3. The molecule has 7 heteroatoms. The molecule has 0 spiro atoms. The van der Waals surface area contributed by atoms with Crippen LogP contribution in [0.15, 0.2) is 42.9 Å². The van der Waals surface area contributed by atoms with Crippen LogP contribution in [-0.2, 0) is 11.2 Å². The highest BCUT2D eigenvalue weighted by molar-refractivity contribution is 5.69. The van der Waals surface area contributed by atoms with E-state index in [1.54, 1.807) is 18.6 Å². The van der Waals surface area contributed by atoms with Crippen LogP contribution >= 0.6 is 0 Å².